The molecule has 3 aromatic heterocycles. The lowest BCUT2D eigenvalue weighted by atomic mass is 9.87. The molecular formula is C57H46N4O2S. The first kappa shape index (κ1) is 39.4. The highest BCUT2D eigenvalue weighted by Crippen LogP contribution is 2.50. The van der Waals surface area contributed by atoms with Gasteiger partial charge in [0.2, 0.25) is 9.84 Å². The Bertz CT molecular complexity index is 3740. The summed E-state index contributed by atoms with van der Waals surface area (Å²) in [5.74, 6) is 0. The van der Waals surface area contributed by atoms with Crippen molar-refractivity contribution >= 4 is 75.3 Å². The van der Waals surface area contributed by atoms with Crippen molar-refractivity contribution in [3.63, 3.8) is 0 Å². The van der Waals surface area contributed by atoms with Gasteiger partial charge in [-0.15, -0.1) is 0 Å². The second-order valence-corrected chi connectivity index (χ2v) is 20.9. The largest absolute Gasteiger partial charge is 0.308 e. The van der Waals surface area contributed by atoms with Gasteiger partial charge in [0.25, 0.3) is 0 Å². The van der Waals surface area contributed by atoms with E-state index in [0.29, 0.717) is 5.56 Å². The number of rotatable bonds is 5. The maximum absolute atomic E-state index is 14.0. The van der Waals surface area contributed by atoms with E-state index in [0.717, 1.165) is 77.1 Å². The second kappa shape index (κ2) is 14.1. The molecule has 0 atom stereocenters. The van der Waals surface area contributed by atoms with Crippen molar-refractivity contribution in [2.45, 2.75) is 62.2 Å². The van der Waals surface area contributed by atoms with E-state index >= 15 is 0 Å². The molecule has 6 nitrogen and oxygen atoms in total. The summed E-state index contributed by atoms with van der Waals surface area (Å²) in [5, 5.41) is 16.1. The predicted molar refractivity (Wildman–Crippen MR) is 263 cm³/mol. The highest BCUT2D eigenvalue weighted by atomic mass is 32.2. The quantitative estimate of drug-likeness (QED) is 0.173. The summed E-state index contributed by atoms with van der Waals surface area (Å²) in [6.07, 6.45) is 0. The standard InChI is InChI=1S/C57H46N4O2S/c1-56(2,3)37-21-25-39(26-22-37)59-47-16-10-7-13-44(47)50-53-51(45-14-8-11-17-48(45)60(53)40-27-23-38(24-28-40)57(4,5)6)55-52(54(50)59)46-15-9-12-18-49(46)61(55)41-29-33-43(34-30-41)64(62,63)42-31-19-36(35-58)20-32-42/h7-34H,1-6H3. The molecule has 0 bridgehead atoms. The molecule has 0 aliphatic heterocycles. The number of sulfone groups is 1. The summed E-state index contributed by atoms with van der Waals surface area (Å²) < 4.78 is 35.2. The van der Waals surface area contributed by atoms with E-state index in [2.05, 4.69) is 183 Å². The summed E-state index contributed by atoms with van der Waals surface area (Å²) in [7, 11) is -3.86. The minimum absolute atomic E-state index is 0.00736. The number of hydrogen-bond acceptors (Lipinski definition) is 3. The topological polar surface area (TPSA) is 72.7 Å². The fourth-order valence-corrected chi connectivity index (χ4v) is 11.1. The third kappa shape index (κ3) is 5.86. The van der Waals surface area contributed by atoms with Gasteiger partial charge in [-0.25, -0.2) is 8.42 Å². The Morgan fingerprint density at radius 2 is 0.703 bits per heavy atom. The van der Waals surface area contributed by atoms with Gasteiger partial charge in [0, 0.05) is 49.4 Å². The van der Waals surface area contributed by atoms with Gasteiger partial charge in [-0.05, 0) is 113 Å². The molecule has 0 saturated heterocycles. The molecule has 0 aliphatic rings. The molecule has 312 valence electrons. The molecule has 0 N–H and O–H groups in total. The van der Waals surface area contributed by atoms with Gasteiger partial charge in [0.05, 0.1) is 54.5 Å². The third-order valence-electron chi connectivity index (χ3n) is 13.0. The predicted octanol–water partition coefficient (Wildman–Crippen LogP) is 14.3. The first-order valence-electron chi connectivity index (χ1n) is 21.7. The molecule has 0 radical (unpaired) electrons. The van der Waals surface area contributed by atoms with E-state index in [4.69, 9.17) is 0 Å². The van der Waals surface area contributed by atoms with Crippen molar-refractivity contribution < 1.29 is 8.42 Å². The lowest BCUT2D eigenvalue weighted by Gasteiger charge is -2.20. The smallest absolute Gasteiger partial charge is 0.206 e. The van der Waals surface area contributed by atoms with E-state index in [9.17, 15) is 13.7 Å². The van der Waals surface area contributed by atoms with Crippen LogP contribution in [0.2, 0.25) is 0 Å². The fraction of sp³-hybridized carbons (Fsp3) is 0.140. The zero-order valence-electron chi connectivity index (χ0n) is 36.7. The monoisotopic (exact) mass is 850 g/mol. The molecule has 11 aromatic rings. The van der Waals surface area contributed by atoms with Gasteiger partial charge in [0.1, 0.15) is 0 Å². The van der Waals surface area contributed by atoms with E-state index in [1.54, 1.807) is 24.3 Å². The number of benzene rings is 8. The first-order valence-corrected chi connectivity index (χ1v) is 23.2. The number of nitrogens with zero attached hydrogens (tertiary/aromatic N) is 4. The minimum atomic E-state index is -3.86. The molecule has 0 fully saturated rings. The number of aromatic nitrogens is 3. The molecule has 7 heteroatoms. The van der Waals surface area contributed by atoms with Crippen molar-refractivity contribution in [2.24, 2.45) is 0 Å². The SMILES string of the molecule is CC(C)(C)c1ccc(-n2c3ccccc3c3c2c2c4ccccc4n(-c4ccc(S(=O)(=O)c5ccc(C#N)cc5)cc4)c2c2c4ccccc4n(-c4ccc(C(C)(C)C)cc4)c32)cc1. The molecule has 8 aromatic carbocycles. The summed E-state index contributed by atoms with van der Waals surface area (Å²) in [6, 6.07) is 59.6. The van der Waals surface area contributed by atoms with Crippen LogP contribution in [0.3, 0.4) is 0 Å². The number of hydrogen-bond donors (Lipinski definition) is 0. The Labute approximate surface area is 372 Å². The molecule has 0 unspecified atom stereocenters. The molecule has 0 saturated carbocycles. The maximum Gasteiger partial charge on any atom is 0.206 e. The highest BCUT2D eigenvalue weighted by Gasteiger charge is 2.29. The molecule has 64 heavy (non-hydrogen) atoms. The van der Waals surface area contributed by atoms with Crippen LogP contribution in [0.4, 0.5) is 0 Å². The second-order valence-electron chi connectivity index (χ2n) is 19.0. The van der Waals surface area contributed by atoms with E-state index in [1.807, 2.05) is 12.1 Å². The average Bonchev–Trinajstić information content (AvgIpc) is 3.95. The Morgan fingerprint density at radius 3 is 1.02 bits per heavy atom. The summed E-state index contributed by atoms with van der Waals surface area (Å²) >= 11 is 0. The summed E-state index contributed by atoms with van der Waals surface area (Å²) in [4.78, 5) is 0.329. The summed E-state index contributed by atoms with van der Waals surface area (Å²) in [6.45, 7) is 13.5. The van der Waals surface area contributed by atoms with Crippen LogP contribution in [0.5, 0.6) is 0 Å². The Kier molecular flexibility index (Phi) is 8.66. The van der Waals surface area contributed by atoms with Crippen LogP contribution in [0.1, 0.15) is 58.2 Å². The minimum Gasteiger partial charge on any atom is -0.308 e. The van der Waals surface area contributed by atoms with Crippen LogP contribution in [0, 0.1) is 11.3 Å². The lowest BCUT2D eigenvalue weighted by molar-refractivity contribution is 0.590. The average molecular weight is 851 g/mol. The van der Waals surface area contributed by atoms with Crippen molar-refractivity contribution in [1.82, 2.24) is 13.7 Å². The normalized spacial score (nSPS) is 12.6. The fourth-order valence-electron chi connectivity index (χ4n) is 9.79. The van der Waals surface area contributed by atoms with Crippen LogP contribution < -0.4 is 0 Å². The lowest BCUT2D eigenvalue weighted by Crippen LogP contribution is -2.10. The van der Waals surface area contributed by atoms with Crippen LogP contribution in [0.15, 0.2) is 180 Å². The van der Waals surface area contributed by atoms with Crippen LogP contribution in [0.25, 0.3) is 82.5 Å². The van der Waals surface area contributed by atoms with Crippen LogP contribution in [-0.2, 0) is 20.7 Å². The van der Waals surface area contributed by atoms with Gasteiger partial charge in [-0.1, -0.05) is 120 Å². The number of nitriles is 1. The Hall–Kier alpha value is -7.40. The van der Waals surface area contributed by atoms with Gasteiger partial charge in [-0.2, -0.15) is 5.26 Å². The van der Waals surface area contributed by atoms with Crippen molar-refractivity contribution in [2.75, 3.05) is 0 Å². The van der Waals surface area contributed by atoms with Crippen molar-refractivity contribution in [1.29, 1.82) is 5.26 Å². The Balaban J connectivity index is 1.32. The third-order valence-corrected chi connectivity index (χ3v) is 14.8. The van der Waals surface area contributed by atoms with Gasteiger partial charge >= 0.3 is 0 Å². The van der Waals surface area contributed by atoms with E-state index < -0.39 is 9.84 Å². The molecule has 0 aliphatic carbocycles. The zero-order chi connectivity index (χ0) is 44.3. The van der Waals surface area contributed by atoms with Crippen LogP contribution in [-0.4, -0.2) is 22.1 Å². The van der Waals surface area contributed by atoms with E-state index in [1.165, 1.54) is 28.6 Å². The van der Waals surface area contributed by atoms with Crippen molar-refractivity contribution in [3.05, 3.63) is 187 Å². The highest BCUT2D eigenvalue weighted by molar-refractivity contribution is 7.91. The first-order chi connectivity index (χ1) is 30.8. The van der Waals surface area contributed by atoms with Gasteiger partial charge in [0.15, 0.2) is 0 Å². The Morgan fingerprint density at radius 1 is 0.406 bits per heavy atom. The molecule has 11 rings (SSSR count). The molecule has 3 heterocycles. The summed E-state index contributed by atoms with van der Waals surface area (Å²) in [5.41, 5.74) is 12.4. The maximum atomic E-state index is 14.0. The number of para-hydroxylation sites is 3. The number of fused-ring (bicyclic) bond motifs is 12. The zero-order valence-corrected chi connectivity index (χ0v) is 37.5. The van der Waals surface area contributed by atoms with Gasteiger partial charge < -0.3 is 13.7 Å². The molecule has 0 spiro atoms. The van der Waals surface area contributed by atoms with Gasteiger partial charge in [-0.3, -0.25) is 0 Å². The molecule has 0 amide bonds. The van der Waals surface area contributed by atoms with Crippen LogP contribution >= 0.6 is 0 Å². The van der Waals surface area contributed by atoms with E-state index in [-0.39, 0.29) is 20.6 Å². The van der Waals surface area contributed by atoms with Crippen molar-refractivity contribution in [3.8, 4) is 23.1 Å². The molecular weight excluding hydrogens is 805 g/mol.